The minimum absolute atomic E-state index is 0.0450. The van der Waals surface area contributed by atoms with Gasteiger partial charge in [0.15, 0.2) is 0 Å². The Balaban J connectivity index is 1.93. The van der Waals surface area contributed by atoms with Gasteiger partial charge >= 0.3 is 5.97 Å². The van der Waals surface area contributed by atoms with Gasteiger partial charge in [-0.3, -0.25) is 14.6 Å². The normalized spacial score (nSPS) is 24.4. The first-order valence-electron chi connectivity index (χ1n) is 8.07. The smallest absolute Gasteiger partial charge is 0.312 e. The molecule has 1 aromatic rings. The van der Waals surface area contributed by atoms with E-state index in [0.717, 1.165) is 5.56 Å². The Bertz CT molecular complexity index is 549. The van der Waals surface area contributed by atoms with Crippen molar-refractivity contribution in [1.82, 2.24) is 9.88 Å². The van der Waals surface area contributed by atoms with Gasteiger partial charge in [0.2, 0.25) is 5.91 Å². The number of pyridine rings is 1. The van der Waals surface area contributed by atoms with Crippen LogP contribution in [0.3, 0.4) is 0 Å². The lowest BCUT2D eigenvalue weighted by Gasteiger charge is -2.42. The Morgan fingerprint density at radius 2 is 2.09 bits per heavy atom. The van der Waals surface area contributed by atoms with Crippen molar-refractivity contribution in [3.8, 4) is 0 Å². The summed E-state index contributed by atoms with van der Waals surface area (Å²) in [6.07, 6.45) is 4.77. The lowest BCUT2D eigenvalue weighted by molar-refractivity contribution is -0.167. The SMILES string of the molecule is CCC[C@]1(C(=O)O)CCN(C(=O)CCc2ccncc2)C[C@H]1O. The number of aliphatic carboxylic acids is 1. The predicted octanol–water partition coefficient (Wildman–Crippen LogP) is 1.48. The van der Waals surface area contributed by atoms with E-state index >= 15 is 0 Å². The number of aryl methyl sites for hydroxylation is 1. The number of carboxylic acid groups (broad SMARTS) is 1. The highest BCUT2D eigenvalue weighted by atomic mass is 16.4. The maximum atomic E-state index is 12.3. The number of piperidine rings is 1. The van der Waals surface area contributed by atoms with Crippen LogP contribution in [-0.4, -0.2) is 51.2 Å². The maximum absolute atomic E-state index is 12.3. The number of carbonyl (C=O) groups excluding carboxylic acids is 1. The van der Waals surface area contributed by atoms with E-state index in [4.69, 9.17) is 0 Å². The number of carbonyl (C=O) groups is 2. The summed E-state index contributed by atoms with van der Waals surface area (Å²) in [5.74, 6) is -1.01. The summed E-state index contributed by atoms with van der Waals surface area (Å²) in [6.45, 7) is 2.39. The summed E-state index contributed by atoms with van der Waals surface area (Å²) >= 11 is 0. The molecule has 0 unspecified atom stereocenters. The van der Waals surface area contributed by atoms with Crippen LogP contribution in [0.15, 0.2) is 24.5 Å². The number of hydrogen-bond donors (Lipinski definition) is 2. The van der Waals surface area contributed by atoms with Crippen LogP contribution in [0.1, 0.15) is 38.2 Å². The number of nitrogens with zero attached hydrogens (tertiary/aromatic N) is 2. The van der Waals surface area contributed by atoms with Gasteiger partial charge in [-0.2, -0.15) is 0 Å². The van der Waals surface area contributed by atoms with Crippen molar-refractivity contribution in [1.29, 1.82) is 0 Å². The number of likely N-dealkylation sites (tertiary alicyclic amines) is 1. The van der Waals surface area contributed by atoms with Crippen LogP contribution < -0.4 is 0 Å². The second-order valence-electron chi connectivity index (χ2n) is 6.17. The molecule has 2 rings (SSSR count). The lowest BCUT2D eigenvalue weighted by atomic mass is 9.72. The van der Waals surface area contributed by atoms with Gasteiger partial charge in [0.25, 0.3) is 0 Å². The number of aromatic nitrogens is 1. The van der Waals surface area contributed by atoms with Crippen LogP contribution in [0.5, 0.6) is 0 Å². The molecule has 6 nitrogen and oxygen atoms in total. The summed E-state index contributed by atoms with van der Waals surface area (Å²) in [6, 6.07) is 3.74. The molecule has 1 aromatic heterocycles. The summed E-state index contributed by atoms with van der Waals surface area (Å²) in [7, 11) is 0. The van der Waals surface area contributed by atoms with Crippen molar-refractivity contribution in [2.45, 2.75) is 45.1 Å². The van der Waals surface area contributed by atoms with Gasteiger partial charge in [0.1, 0.15) is 0 Å². The van der Waals surface area contributed by atoms with E-state index in [9.17, 15) is 19.8 Å². The zero-order valence-corrected chi connectivity index (χ0v) is 13.4. The van der Waals surface area contributed by atoms with Crippen molar-refractivity contribution in [2.75, 3.05) is 13.1 Å². The topological polar surface area (TPSA) is 90.7 Å². The van der Waals surface area contributed by atoms with Gasteiger partial charge in [-0.15, -0.1) is 0 Å². The third-order valence-corrected chi connectivity index (χ3v) is 4.71. The predicted molar refractivity (Wildman–Crippen MR) is 84.7 cm³/mol. The minimum atomic E-state index is -1.11. The minimum Gasteiger partial charge on any atom is -0.481 e. The van der Waals surface area contributed by atoms with E-state index in [1.807, 2.05) is 19.1 Å². The van der Waals surface area contributed by atoms with Crippen molar-refractivity contribution < 1.29 is 19.8 Å². The van der Waals surface area contributed by atoms with Gasteiger partial charge in [-0.25, -0.2) is 0 Å². The first-order chi connectivity index (χ1) is 11.0. The molecule has 126 valence electrons. The lowest BCUT2D eigenvalue weighted by Crippen LogP contribution is -2.56. The fourth-order valence-corrected chi connectivity index (χ4v) is 3.26. The Morgan fingerprint density at radius 1 is 1.39 bits per heavy atom. The molecule has 0 radical (unpaired) electrons. The highest BCUT2D eigenvalue weighted by Crippen LogP contribution is 2.37. The highest BCUT2D eigenvalue weighted by Gasteiger charge is 2.48. The molecule has 1 fully saturated rings. The van der Waals surface area contributed by atoms with E-state index in [0.29, 0.717) is 38.6 Å². The average Bonchev–Trinajstić information content (AvgIpc) is 2.55. The van der Waals surface area contributed by atoms with Crippen LogP contribution in [0.25, 0.3) is 0 Å². The van der Waals surface area contributed by atoms with Gasteiger partial charge < -0.3 is 15.1 Å². The highest BCUT2D eigenvalue weighted by molar-refractivity contribution is 5.79. The number of carboxylic acids is 1. The standard InChI is InChI=1S/C17H24N2O4/c1-2-7-17(16(22)23)8-11-19(12-14(17)20)15(21)4-3-13-5-9-18-10-6-13/h5-6,9-10,14,20H,2-4,7-8,11-12H2,1H3,(H,22,23)/t14-,17+/m1/s1. The molecule has 0 bridgehead atoms. The zero-order valence-electron chi connectivity index (χ0n) is 13.4. The van der Waals surface area contributed by atoms with Gasteiger partial charge in [-0.05, 0) is 37.0 Å². The molecule has 1 aliphatic rings. The number of β-amino-alcohol motifs (C(OH)–C–C–N with tert-alkyl or cyclic N) is 1. The third kappa shape index (κ3) is 3.88. The Labute approximate surface area is 136 Å². The first-order valence-corrected chi connectivity index (χ1v) is 8.07. The van der Waals surface area contributed by atoms with Crippen LogP contribution in [0, 0.1) is 5.41 Å². The molecule has 2 atom stereocenters. The molecule has 6 heteroatoms. The van der Waals surface area contributed by atoms with Crippen molar-refractivity contribution in [3.63, 3.8) is 0 Å². The molecular formula is C17H24N2O4. The molecular weight excluding hydrogens is 296 g/mol. The van der Waals surface area contributed by atoms with Crippen molar-refractivity contribution >= 4 is 11.9 Å². The van der Waals surface area contributed by atoms with Gasteiger partial charge in [-0.1, -0.05) is 13.3 Å². The Kier molecular flexibility index (Phi) is 5.71. The third-order valence-electron chi connectivity index (χ3n) is 4.71. The van der Waals surface area contributed by atoms with E-state index in [1.54, 1.807) is 17.3 Å². The van der Waals surface area contributed by atoms with E-state index < -0.39 is 17.5 Å². The number of amides is 1. The molecule has 0 spiro atoms. The average molecular weight is 320 g/mol. The second kappa shape index (κ2) is 7.55. The van der Waals surface area contributed by atoms with Crippen LogP contribution in [-0.2, 0) is 16.0 Å². The van der Waals surface area contributed by atoms with Crippen molar-refractivity contribution in [3.05, 3.63) is 30.1 Å². The fraction of sp³-hybridized carbons (Fsp3) is 0.588. The molecule has 0 saturated carbocycles. The second-order valence-corrected chi connectivity index (χ2v) is 6.17. The molecule has 1 aliphatic heterocycles. The molecule has 0 aromatic carbocycles. The Hall–Kier alpha value is -1.95. The largest absolute Gasteiger partial charge is 0.481 e. The number of aliphatic hydroxyl groups is 1. The number of rotatable bonds is 6. The molecule has 2 heterocycles. The van der Waals surface area contributed by atoms with Crippen LogP contribution in [0.2, 0.25) is 0 Å². The number of hydrogen-bond acceptors (Lipinski definition) is 4. The molecule has 23 heavy (non-hydrogen) atoms. The van der Waals surface area contributed by atoms with E-state index in [1.165, 1.54) is 0 Å². The molecule has 1 saturated heterocycles. The number of aliphatic hydroxyl groups excluding tert-OH is 1. The maximum Gasteiger partial charge on any atom is 0.312 e. The van der Waals surface area contributed by atoms with Gasteiger partial charge in [0.05, 0.1) is 11.5 Å². The Morgan fingerprint density at radius 3 is 2.65 bits per heavy atom. The van der Waals surface area contributed by atoms with Crippen LogP contribution >= 0.6 is 0 Å². The summed E-state index contributed by atoms with van der Waals surface area (Å²) in [5.41, 5.74) is -0.0758. The quantitative estimate of drug-likeness (QED) is 0.828. The van der Waals surface area contributed by atoms with E-state index in [-0.39, 0.29) is 12.5 Å². The summed E-state index contributed by atoms with van der Waals surface area (Å²) in [4.78, 5) is 29.4. The first kappa shape index (κ1) is 17.4. The van der Waals surface area contributed by atoms with E-state index in [2.05, 4.69) is 4.98 Å². The molecule has 2 N–H and O–H groups in total. The molecule has 1 amide bonds. The summed E-state index contributed by atoms with van der Waals surface area (Å²) < 4.78 is 0. The monoisotopic (exact) mass is 320 g/mol. The van der Waals surface area contributed by atoms with Crippen LogP contribution in [0.4, 0.5) is 0 Å². The fourth-order valence-electron chi connectivity index (χ4n) is 3.26. The van der Waals surface area contributed by atoms with Crippen molar-refractivity contribution in [2.24, 2.45) is 5.41 Å². The van der Waals surface area contributed by atoms with Gasteiger partial charge in [0, 0.05) is 31.9 Å². The summed E-state index contributed by atoms with van der Waals surface area (Å²) in [5, 5.41) is 19.8. The molecule has 0 aliphatic carbocycles. The zero-order chi connectivity index (χ0) is 16.9.